The molecule has 4 heteroatoms. The van der Waals surface area contributed by atoms with Crippen LogP contribution in [-0.2, 0) is 0 Å². The second kappa shape index (κ2) is 3.14. The molecule has 0 bridgehead atoms. The molecule has 0 aromatic heterocycles. The van der Waals surface area contributed by atoms with Gasteiger partial charge in [0.2, 0.25) is 0 Å². The van der Waals surface area contributed by atoms with Crippen molar-refractivity contribution in [3.63, 3.8) is 0 Å². The minimum Gasteiger partial charge on any atom is -0.472 e. The maximum atomic E-state index is 11.9. The van der Waals surface area contributed by atoms with Gasteiger partial charge in [-0.2, -0.15) is 0 Å². The summed E-state index contributed by atoms with van der Waals surface area (Å²) >= 11 is 11.9. The summed E-state index contributed by atoms with van der Waals surface area (Å²) in [5.41, 5.74) is -0.339. The van der Waals surface area contributed by atoms with Gasteiger partial charge in [0.1, 0.15) is 5.75 Å². The number of alkyl halides is 2. The smallest absolute Gasteiger partial charge is 0.198 e. The number of para-hydroxylation sites is 1. The number of halogens is 2. The molecule has 14 heavy (non-hydrogen) atoms. The van der Waals surface area contributed by atoms with E-state index in [0.717, 1.165) is 0 Å². The topological polar surface area (TPSA) is 26.3 Å². The van der Waals surface area contributed by atoms with E-state index in [1.165, 1.54) is 0 Å². The van der Waals surface area contributed by atoms with Crippen molar-refractivity contribution in [3.8, 4) is 5.75 Å². The summed E-state index contributed by atoms with van der Waals surface area (Å²) < 4.78 is 5.33. The summed E-state index contributed by atoms with van der Waals surface area (Å²) in [6.07, 6.45) is 0. The van der Waals surface area contributed by atoms with Gasteiger partial charge in [0.25, 0.3) is 0 Å². The number of Topliss-reactive ketones (excluding diaryl/α,β-unsaturated/α-hetero) is 1. The van der Waals surface area contributed by atoms with Gasteiger partial charge >= 0.3 is 0 Å². The molecule has 2 rings (SSSR count). The Morgan fingerprint density at radius 3 is 2.79 bits per heavy atom. The molecule has 0 amide bonds. The molecular weight excluding hydrogens is 223 g/mol. The summed E-state index contributed by atoms with van der Waals surface area (Å²) in [6.45, 7) is 1.56. The van der Waals surface area contributed by atoms with Gasteiger partial charge in [-0.1, -0.05) is 23.7 Å². The number of hydrogen-bond donors (Lipinski definition) is 0. The number of carbonyl (C=O) groups excluding carboxylic acids is 1. The molecule has 1 heterocycles. The number of rotatable bonds is 0. The summed E-state index contributed by atoms with van der Waals surface area (Å²) in [4.78, 5) is 10.7. The fourth-order valence-corrected chi connectivity index (χ4v) is 1.69. The van der Waals surface area contributed by atoms with Crippen LogP contribution < -0.4 is 4.74 Å². The third-order valence-electron chi connectivity index (χ3n) is 2.23. The molecule has 0 radical (unpaired) electrons. The monoisotopic (exact) mass is 230 g/mol. The Morgan fingerprint density at radius 1 is 1.43 bits per heavy atom. The van der Waals surface area contributed by atoms with Crippen molar-refractivity contribution in [2.24, 2.45) is 0 Å². The van der Waals surface area contributed by atoms with Crippen LogP contribution in [0.3, 0.4) is 0 Å². The lowest BCUT2D eigenvalue weighted by atomic mass is 9.96. The first kappa shape index (κ1) is 9.81. The zero-order chi connectivity index (χ0) is 10.3. The molecule has 2 nitrogen and oxygen atoms in total. The third kappa shape index (κ3) is 1.30. The van der Waals surface area contributed by atoms with Crippen molar-refractivity contribution in [2.75, 3.05) is 0 Å². The van der Waals surface area contributed by atoms with Gasteiger partial charge in [-0.05, 0) is 19.1 Å². The highest BCUT2D eigenvalue weighted by Gasteiger charge is 2.45. The van der Waals surface area contributed by atoms with Crippen LogP contribution in [0.2, 0.25) is 0 Å². The lowest BCUT2D eigenvalue weighted by Gasteiger charge is -2.32. The van der Waals surface area contributed by atoms with Gasteiger partial charge in [0, 0.05) is 0 Å². The van der Waals surface area contributed by atoms with Crippen molar-refractivity contribution >= 4 is 29.0 Å². The van der Waals surface area contributed by atoms with Crippen LogP contribution in [0.25, 0.3) is 0 Å². The van der Waals surface area contributed by atoms with E-state index in [0.29, 0.717) is 11.3 Å². The summed E-state index contributed by atoms with van der Waals surface area (Å²) in [5.74, 6) is 0.302. The number of carbonyl (C=O) groups is 1. The van der Waals surface area contributed by atoms with E-state index < -0.39 is 10.4 Å². The van der Waals surface area contributed by atoms with E-state index in [9.17, 15) is 4.79 Å². The molecule has 0 saturated carbocycles. The minimum atomic E-state index is -1.18. The summed E-state index contributed by atoms with van der Waals surface area (Å²) in [6, 6.07) is 6.93. The van der Waals surface area contributed by atoms with Crippen LogP contribution in [-0.4, -0.2) is 16.2 Å². The highest BCUT2D eigenvalue weighted by Crippen LogP contribution is 2.38. The SMILES string of the molecule is CC1(Cl)C(=O)c2ccccc2OC1Cl. The maximum Gasteiger partial charge on any atom is 0.198 e. The Morgan fingerprint density at radius 2 is 2.07 bits per heavy atom. The predicted molar refractivity (Wildman–Crippen MR) is 55.3 cm³/mol. The van der Waals surface area contributed by atoms with Crippen LogP contribution in [0.5, 0.6) is 5.75 Å². The van der Waals surface area contributed by atoms with E-state index in [2.05, 4.69) is 0 Å². The second-order valence-corrected chi connectivity index (χ2v) is 4.52. The Kier molecular flexibility index (Phi) is 2.20. The lowest BCUT2D eigenvalue weighted by molar-refractivity contribution is 0.0845. The molecule has 1 aromatic carbocycles. The molecule has 0 spiro atoms. The van der Waals surface area contributed by atoms with Crippen molar-refractivity contribution in [1.82, 2.24) is 0 Å². The average Bonchev–Trinajstić information content (AvgIpc) is 2.15. The van der Waals surface area contributed by atoms with Gasteiger partial charge in [0.05, 0.1) is 5.56 Å². The molecule has 1 aliphatic heterocycles. The van der Waals surface area contributed by atoms with E-state index in [1.807, 2.05) is 0 Å². The number of ether oxygens (including phenoxy) is 1. The number of benzene rings is 1. The van der Waals surface area contributed by atoms with Crippen LogP contribution in [0.4, 0.5) is 0 Å². The average molecular weight is 231 g/mol. The molecule has 74 valence electrons. The largest absolute Gasteiger partial charge is 0.472 e. The van der Waals surface area contributed by atoms with Gasteiger partial charge < -0.3 is 4.74 Å². The van der Waals surface area contributed by atoms with Gasteiger partial charge in [-0.25, -0.2) is 0 Å². The Bertz CT molecular complexity index is 387. The zero-order valence-corrected chi connectivity index (χ0v) is 8.97. The van der Waals surface area contributed by atoms with Crippen molar-refractivity contribution in [3.05, 3.63) is 29.8 Å². The number of fused-ring (bicyclic) bond motifs is 1. The van der Waals surface area contributed by atoms with E-state index >= 15 is 0 Å². The normalized spacial score (nSPS) is 30.8. The minimum absolute atomic E-state index is 0.194. The lowest BCUT2D eigenvalue weighted by Crippen LogP contribution is -2.45. The molecule has 0 aliphatic carbocycles. The van der Waals surface area contributed by atoms with Crippen LogP contribution >= 0.6 is 23.2 Å². The van der Waals surface area contributed by atoms with E-state index in [1.54, 1.807) is 31.2 Å². The summed E-state index contributed by atoms with van der Waals surface area (Å²) in [5, 5.41) is 0. The van der Waals surface area contributed by atoms with Crippen LogP contribution in [0, 0.1) is 0 Å². The van der Waals surface area contributed by atoms with Gasteiger partial charge in [0.15, 0.2) is 16.2 Å². The zero-order valence-electron chi connectivity index (χ0n) is 7.46. The first-order valence-electron chi connectivity index (χ1n) is 4.17. The number of ketones is 1. The molecule has 1 aliphatic rings. The fourth-order valence-electron chi connectivity index (χ4n) is 1.35. The molecule has 2 atom stereocenters. The Balaban J connectivity index is 2.55. The molecule has 2 unspecified atom stereocenters. The first-order chi connectivity index (χ1) is 6.53. The van der Waals surface area contributed by atoms with Crippen molar-refractivity contribution in [1.29, 1.82) is 0 Å². The highest BCUT2D eigenvalue weighted by atomic mass is 35.5. The Labute approximate surface area is 91.8 Å². The van der Waals surface area contributed by atoms with Gasteiger partial charge in [-0.3, -0.25) is 4.79 Å². The van der Waals surface area contributed by atoms with E-state index in [4.69, 9.17) is 27.9 Å². The molecule has 0 N–H and O–H groups in total. The van der Waals surface area contributed by atoms with Gasteiger partial charge in [-0.15, -0.1) is 11.6 Å². The quantitative estimate of drug-likeness (QED) is 0.641. The predicted octanol–water partition coefficient (Wildman–Crippen LogP) is 2.82. The molecular formula is C10H8Cl2O2. The van der Waals surface area contributed by atoms with Crippen molar-refractivity contribution < 1.29 is 9.53 Å². The third-order valence-corrected chi connectivity index (χ3v) is 3.24. The molecule has 0 fully saturated rings. The second-order valence-electron chi connectivity index (χ2n) is 3.33. The first-order valence-corrected chi connectivity index (χ1v) is 4.98. The van der Waals surface area contributed by atoms with Crippen LogP contribution in [0.15, 0.2) is 24.3 Å². The number of hydrogen-bond acceptors (Lipinski definition) is 2. The van der Waals surface area contributed by atoms with Crippen molar-refractivity contribution in [2.45, 2.75) is 17.4 Å². The van der Waals surface area contributed by atoms with Crippen LogP contribution in [0.1, 0.15) is 17.3 Å². The Hall–Kier alpha value is -0.730. The standard InChI is InChI=1S/C10H8Cl2O2/c1-10(12)8(13)6-4-2-3-5-7(6)14-9(10)11/h2-5,9H,1H3. The maximum absolute atomic E-state index is 11.9. The molecule has 0 saturated heterocycles. The molecule has 1 aromatic rings. The summed E-state index contributed by atoms with van der Waals surface area (Å²) in [7, 11) is 0. The highest BCUT2D eigenvalue weighted by molar-refractivity contribution is 6.43. The van der Waals surface area contributed by atoms with E-state index in [-0.39, 0.29) is 5.78 Å². The fraction of sp³-hybridized carbons (Fsp3) is 0.300.